The van der Waals surface area contributed by atoms with Crippen LogP contribution in [0.5, 0.6) is 0 Å². The first kappa shape index (κ1) is 12.8. The molecule has 0 bridgehead atoms. The van der Waals surface area contributed by atoms with Crippen molar-refractivity contribution in [2.75, 3.05) is 0 Å². The summed E-state index contributed by atoms with van der Waals surface area (Å²) in [4.78, 5) is 21.4. The molecule has 21 heavy (non-hydrogen) atoms. The van der Waals surface area contributed by atoms with Gasteiger partial charge in [0.1, 0.15) is 5.69 Å². The van der Waals surface area contributed by atoms with Crippen molar-refractivity contribution in [3.05, 3.63) is 58.1 Å². The van der Waals surface area contributed by atoms with Gasteiger partial charge in [-0.1, -0.05) is 12.1 Å². The van der Waals surface area contributed by atoms with E-state index in [1.807, 2.05) is 0 Å². The van der Waals surface area contributed by atoms with Crippen molar-refractivity contribution in [2.45, 2.75) is 0 Å². The van der Waals surface area contributed by atoms with Crippen molar-refractivity contribution in [3.8, 4) is 11.3 Å². The lowest BCUT2D eigenvalue weighted by atomic mass is 10.1. The van der Waals surface area contributed by atoms with Crippen molar-refractivity contribution >= 4 is 22.6 Å². The fourth-order valence-electron chi connectivity index (χ4n) is 2.13. The van der Waals surface area contributed by atoms with Gasteiger partial charge in [-0.15, -0.1) is 0 Å². The van der Waals surface area contributed by atoms with Crippen molar-refractivity contribution in [3.63, 3.8) is 0 Å². The maximum atomic E-state index is 11.0. The molecule has 7 heteroatoms. The highest BCUT2D eigenvalue weighted by Gasteiger charge is 2.14. The van der Waals surface area contributed by atoms with Gasteiger partial charge in [-0.05, 0) is 18.2 Å². The third kappa shape index (κ3) is 2.20. The summed E-state index contributed by atoms with van der Waals surface area (Å²) < 4.78 is 0. The third-order valence-electron chi connectivity index (χ3n) is 3.14. The predicted octanol–water partition coefficient (Wildman–Crippen LogP) is 2.84. The van der Waals surface area contributed by atoms with E-state index in [0.29, 0.717) is 22.2 Å². The van der Waals surface area contributed by atoms with Crippen molar-refractivity contribution in [1.29, 1.82) is 0 Å². The van der Waals surface area contributed by atoms with Gasteiger partial charge < -0.3 is 5.11 Å². The van der Waals surface area contributed by atoms with Gasteiger partial charge in [-0.3, -0.25) is 15.2 Å². The van der Waals surface area contributed by atoms with Gasteiger partial charge in [0.25, 0.3) is 5.69 Å². The molecule has 0 atom stereocenters. The Morgan fingerprint density at radius 1 is 1.24 bits per heavy atom. The van der Waals surface area contributed by atoms with Gasteiger partial charge in [0.2, 0.25) is 0 Å². The van der Waals surface area contributed by atoms with Crippen LogP contribution in [0.2, 0.25) is 0 Å². The second-order valence-electron chi connectivity index (χ2n) is 4.45. The highest BCUT2D eigenvalue weighted by Crippen LogP contribution is 2.29. The second kappa shape index (κ2) is 4.71. The zero-order valence-electron chi connectivity index (χ0n) is 10.6. The number of fused-ring (bicyclic) bond motifs is 1. The largest absolute Gasteiger partial charge is 0.478 e. The molecule has 0 radical (unpaired) electrons. The SMILES string of the molecule is O=C(O)c1ccc2[nH]nc(-c3cccc([N+](=O)[O-])c3)c2c1. The highest BCUT2D eigenvalue weighted by atomic mass is 16.6. The number of carbonyl (C=O) groups is 1. The Hall–Kier alpha value is -3.22. The van der Waals surface area contributed by atoms with Crippen LogP contribution >= 0.6 is 0 Å². The number of non-ortho nitro benzene ring substituents is 1. The summed E-state index contributed by atoms with van der Waals surface area (Å²) in [5.41, 5.74) is 1.80. The van der Waals surface area contributed by atoms with E-state index in [9.17, 15) is 14.9 Å². The van der Waals surface area contributed by atoms with Crippen LogP contribution in [0.4, 0.5) is 5.69 Å². The lowest BCUT2D eigenvalue weighted by molar-refractivity contribution is -0.384. The number of nitro groups is 1. The highest BCUT2D eigenvalue weighted by molar-refractivity contribution is 5.99. The van der Waals surface area contributed by atoms with Gasteiger partial charge in [-0.2, -0.15) is 5.10 Å². The Morgan fingerprint density at radius 2 is 2.05 bits per heavy atom. The van der Waals surface area contributed by atoms with E-state index < -0.39 is 10.9 Å². The number of hydrogen-bond donors (Lipinski definition) is 2. The molecule has 0 fully saturated rings. The number of benzene rings is 2. The maximum Gasteiger partial charge on any atom is 0.335 e. The number of H-pyrrole nitrogens is 1. The van der Waals surface area contributed by atoms with Crippen LogP contribution in [0.3, 0.4) is 0 Å². The lowest BCUT2D eigenvalue weighted by Crippen LogP contribution is -1.95. The van der Waals surface area contributed by atoms with E-state index in [1.165, 1.54) is 24.3 Å². The number of carboxylic acid groups (broad SMARTS) is 1. The first-order valence-corrected chi connectivity index (χ1v) is 6.02. The number of nitro benzene ring substituents is 1. The minimum absolute atomic E-state index is 0.0435. The molecule has 2 aromatic carbocycles. The number of nitrogens with one attached hydrogen (secondary N) is 1. The van der Waals surface area contributed by atoms with E-state index in [-0.39, 0.29) is 11.3 Å². The molecule has 0 saturated heterocycles. The van der Waals surface area contributed by atoms with Gasteiger partial charge in [0.05, 0.1) is 16.0 Å². The van der Waals surface area contributed by atoms with Crippen LogP contribution in [-0.4, -0.2) is 26.2 Å². The summed E-state index contributed by atoms with van der Waals surface area (Å²) in [7, 11) is 0. The molecule has 1 aromatic heterocycles. The summed E-state index contributed by atoms with van der Waals surface area (Å²) in [5.74, 6) is -1.04. The number of hydrogen-bond acceptors (Lipinski definition) is 4. The number of rotatable bonds is 3. The maximum absolute atomic E-state index is 11.0. The molecule has 7 nitrogen and oxygen atoms in total. The molecular formula is C14H9N3O4. The average molecular weight is 283 g/mol. The molecule has 104 valence electrons. The fourth-order valence-corrected chi connectivity index (χ4v) is 2.13. The molecule has 0 aliphatic heterocycles. The third-order valence-corrected chi connectivity index (χ3v) is 3.14. The molecule has 0 aliphatic rings. The summed E-state index contributed by atoms with van der Waals surface area (Å²) >= 11 is 0. The zero-order chi connectivity index (χ0) is 15.0. The van der Waals surface area contributed by atoms with E-state index in [2.05, 4.69) is 10.2 Å². The fraction of sp³-hybridized carbons (Fsp3) is 0. The minimum Gasteiger partial charge on any atom is -0.478 e. The Kier molecular flexibility index (Phi) is 2.87. The summed E-state index contributed by atoms with van der Waals surface area (Å²) in [6.45, 7) is 0. The van der Waals surface area contributed by atoms with Gasteiger partial charge in [-0.25, -0.2) is 4.79 Å². The quantitative estimate of drug-likeness (QED) is 0.567. The first-order chi connectivity index (χ1) is 10.1. The molecule has 1 heterocycles. The number of aromatic amines is 1. The molecule has 0 aliphatic carbocycles. The van der Waals surface area contributed by atoms with E-state index in [0.717, 1.165) is 0 Å². The van der Waals surface area contributed by atoms with Gasteiger partial charge >= 0.3 is 5.97 Å². The Bertz CT molecular complexity index is 870. The first-order valence-electron chi connectivity index (χ1n) is 6.02. The number of carboxylic acids is 1. The molecule has 0 saturated carbocycles. The molecule has 2 N–H and O–H groups in total. The Morgan fingerprint density at radius 3 is 2.76 bits per heavy atom. The number of aromatic carboxylic acids is 1. The second-order valence-corrected chi connectivity index (χ2v) is 4.45. The Balaban J connectivity index is 2.20. The van der Waals surface area contributed by atoms with Crippen LogP contribution in [0.1, 0.15) is 10.4 Å². The minimum atomic E-state index is -1.04. The molecule has 0 spiro atoms. The van der Waals surface area contributed by atoms with Gasteiger partial charge in [0.15, 0.2) is 0 Å². The topological polar surface area (TPSA) is 109 Å². The standard InChI is InChI=1S/C14H9N3O4/c18-14(19)9-4-5-12-11(7-9)13(16-15-12)8-2-1-3-10(6-8)17(20)21/h1-7H,(H,15,16)(H,18,19). The van der Waals surface area contributed by atoms with E-state index >= 15 is 0 Å². The van der Waals surface area contributed by atoms with Crippen LogP contribution in [0, 0.1) is 10.1 Å². The predicted molar refractivity (Wildman–Crippen MR) is 75.1 cm³/mol. The summed E-state index contributed by atoms with van der Waals surface area (Å²) in [6.07, 6.45) is 0. The normalized spacial score (nSPS) is 10.7. The van der Waals surface area contributed by atoms with Gasteiger partial charge in [0, 0.05) is 23.1 Å². The number of aromatic nitrogens is 2. The smallest absolute Gasteiger partial charge is 0.335 e. The molecule has 3 aromatic rings. The monoisotopic (exact) mass is 283 g/mol. The molecule has 0 unspecified atom stereocenters. The van der Waals surface area contributed by atoms with Crippen LogP contribution in [0.15, 0.2) is 42.5 Å². The molecule has 0 amide bonds. The lowest BCUT2D eigenvalue weighted by Gasteiger charge is -1.99. The average Bonchev–Trinajstić information content (AvgIpc) is 2.90. The van der Waals surface area contributed by atoms with Crippen LogP contribution < -0.4 is 0 Å². The Labute approximate surface area is 118 Å². The zero-order valence-corrected chi connectivity index (χ0v) is 10.6. The van der Waals surface area contributed by atoms with Crippen molar-refractivity contribution in [2.24, 2.45) is 0 Å². The van der Waals surface area contributed by atoms with E-state index in [1.54, 1.807) is 18.2 Å². The van der Waals surface area contributed by atoms with Crippen LogP contribution in [-0.2, 0) is 0 Å². The van der Waals surface area contributed by atoms with Crippen molar-refractivity contribution in [1.82, 2.24) is 10.2 Å². The molecule has 3 rings (SSSR count). The molecular weight excluding hydrogens is 274 g/mol. The number of nitrogens with zero attached hydrogens (tertiary/aromatic N) is 2. The summed E-state index contributed by atoms with van der Waals surface area (Å²) in [6, 6.07) is 10.6. The summed E-state index contributed by atoms with van der Waals surface area (Å²) in [5, 5.41) is 27.4. The van der Waals surface area contributed by atoms with Crippen LogP contribution in [0.25, 0.3) is 22.2 Å². The van der Waals surface area contributed by atoms with E-state index in [4.69, 9.17) is 5.11 Å². The van der Waals surface area contributed by atoms with Crippen molar-refractivity contribution < 1.29 is 14.8 Å².